The molecule has 3 heterocycles. The number of rotatable bonds is 4. The molecule has 2 aromatic rings. The lowest BCUT2D eigenvalue weighted by atomic mass is 9.68. The second-order valence-electron chi connectivity index (χ2n) is 11.5. The molecule has 0 radical (unpaired) electrons. The summed E-state index contributed by atoms with van der Waals surface area (Å²) in [4.78, 5) is 16.8. The van der Waals surface area contributed by atoms with Gasteiger partial charge in [0.25, 0.3) is 0 Å². The van der Waals surface area contributed by atoms with Crippen LogP contribution in [0.3, 0.4) is 0 Å². The molecular weight excluding hydrogens is 408 g/mol. The van der Waals surface area contributed by atoms with Crippen molar-refractivity contribution in [1.82, 2.24) is 9.80 Å². The van der Waals surface area contributed by atoms with Gasteiger partial charge in [0.05, 0.1) is 6.04 Å². The van der Waals surface area contributed by atoms with E-state index in [1.807, 2.05) is 0 Å². The van der Waals surface area contributed by atoms with Gasteiger partial charge in [-0.2, -0.15) is 0 Å². The first kappa shape index (κ1) is 22.5. The van der Waals surface area contributed by atoms with Crippen molar-refractivity contribution in [3.8, 4) is 11.1 Å². The smallest absolute Gasteiger partial charge is 0.137 e. The van der Waals surface area contributed by atoms with Gasteiger partial charge in [-0.1, -0.05) is 70.2 Å². The van der Waals surface area contributed by atoms with Crippen LogP contribution in [0, 0.1) is 11.3 Å². The SMILES string of the molecule is CC(C)c1cccc(-c2ccc3c(c2)CCC(C)(C)[C@H]3N(C(=O)[O-])[C@@H]2CN3CCC2CC3)c1. The number of amides is 1. The van der Waals surface area contributed by atoms with Gasteiger partial charge >= 0.3 is 0 Å². The monoisotopic (exact) mass is 445 g/mol. The van der Waals surface area contributed by atoms with Crippen LogP contribution in [0.15, 0.2) is 42.5 Å². The third kappa shape index (κ3) is 4.07. The second kappa shape index (κ2) is 8.47. The number of hydrogen-bond donors (Lipinski definition) is 0. The number of nitrogens with zero attached hydrogens (tertiary/aromatic N) is 2. The lowest BCUT2D eigenvalue weighted by molar-refractivity contribution is -0.277. The molecule has 4 heteroatoms. The Morgan fingerprint density at radius 3 is 2.45 bits per heavy atom. The van der Waals surface area contributed by atoms with Crippen molar-refractivity contribution in [2.24, 2.45) is 11.3 Å². The highest BCUT2D eigenvalue weighted by molar-refractivity contribution is 5.68. The zero-order valence-corrected chi connectivity index (χ0v) is 20.5. The lowest BCUT2D eigenvalue weighted by Crippen LogP contribution is -2.63. The largest absolute Gasteiger partial charge is 0.530 e. The average molecular weight is 446 g/mol. The van der Waals surface area contributed by atoms with Crippen molar-refractivity contribution in [3.05, 3.63) is 59.2 Å². The van der Waals surface area contributed by atoms with Gasteiger partial charge in [0.15, 0.2) is 0 Å². The van der Waals surface area contributed by atoms with Gasteiger partial charge in [0.1, 0.15) is 6.09 Å². The number of fused-ring (bicyclic) bond motifs is 4. The highest BCUT2D eigenvalue weighted by atomic mass is 16.4. The third-order valence-corrected chi connectivity index (χ3v) is 8.57. The second-order valence-corrected chi connectivity index (χ2v) is 11.5. The summed E-state index contributed by atoms with van der Waals surface area (Å²) in [6, 6.07) is 15.4. The molecule has 0 aromatic heterocycles. The number of carbonyl (C=O) groups is 1. The van der Waals surface area contributed by atoms with Gasteiger partial charge in [-0.05, 0) is 83.8 Å². The van der Waals surface area contributed by atoms with E-state index in [0.717, 1.165) is 45.3 Å². The minimum Gasteiger partial charge on any atom is -0.530 e. The van der Waals surface area contributed by atoms with Gasteiger partial charge in [0.2, 0.25) is 0 Å². The molecule has 4 nitrogen and oxygen atoms in total. The van der Waals surface area contributed by atoms with Crippen molar-refractivity contribution in [1.29, 1.82) is 0 Å². The molecule has 3 fully saturated rings. The van der Waals surface area contributed by atoms with Crippen LogP contribution in [0.25, 0.3) is 11.1 Å². The van der Waals surface area contributed by atoms with Crippen LogP contribution in [0.5, 0.6) is 0 Å². The van der Waals surface area contributed by atoms with Gasteiger partial charge in [-0.3, -0.25) is 0 Å². The first-order valence-corrected chi connectivity index (χ1v) is 12.7. The van der Waals surface area contributed by atoms with E-state index in [4.69, 9.17) is 0 Å². The van der Waals surface area contributed by atoms with E-state index in [9.17, 15) is 9.90 Å². The van der Waals surface area contributed by atoms with Gasteiger partial charge in [-0.15, -0.1) is 0 Å². The van der Waals surface area contributed by atoms with E-state index in [1.54, 1.807) is 4.90 Å². The normalized spacial score (nSPS) is 27.9. The van der Waals surface area contributed by atoms with Crippen LogP contribution in [0.1, 0.15) is 75.6 Å². The first-order valence-electron chi connectivity index (χ1n) is 12.7. The summed E-state index contributed by atoms with van der Waals surface area (Å²) in [5.74, 6) is 0.943. The van der Waals surface area contributed by atoms with Crippen molar-refractivity contribution in [3.63, 3.8) is 0 Å². The number of piperidine rings is 3. The Kier molecular flexibility index (Phi) is 5.76. The molecule has 1 amide bonds. The summed E-state index contributed by atoms with van der Waals surface area (Å²) in [6.07, 6.45) is 3.15. The minimum absolute atomic E-state index is 0.0372. The predicted octanol–water partition coefficient (Wildman–Crippen LogP) is 5.23. The fourth-order valence-electron chi connectivity index (χ4n) is 6.57. The number of carbonyl (C=O) groups excluding carboxylic acids is 1. The van der Waals surface area contributed by atoms with Crippen LogP contribution >= 0.6 is 0 Å². The molecule has 2 atom stereocenters. The zero-order chi connectivity index (χ0) is 23.3. The van der Waals surface area contributed by atoms with Crippen LogP contribution in [-0.2, 0) is 6.42 Å². The third-order valence-electron chi connectivity index (χ3n) is 8.57. The Morgan fingerprint density at radius 1 is 1.09 bits per heavy atom. The van der Waals surface area contributed by atoms with E-state index in [0.29, 0.717) is 11.8 Å². The van der Waals surface area contributed by atoms with E-state index < -0.39 is 6.09 Å². The molecule has 2 bridgehead atoms. The predicted molar refractivity (Wildman–Crippen MR) is 131 cm³/mol. The Hall–Kier alpha value is -2.33. The molecule has 0 N–H and O–H groups in total. The number of benzene rings is 2. The van der Waals surface area contributed by atoms with Gasteiger partial charge < -0.3 is 19.7 Å². The van der Waals surface area contributed by atoms with Crippen LogP contribution < -0.4 is 5.11 Å². The van der Waals surface area contributed by atoms with Crippen LogP contribution in [0.2, 0.25) is 0 Å². The van der Waals surface area contributed by atoms with Gasteiger partial charge in [-0.25, -0.2) is 0 Å². The zero-order valence-electron chi connectivity index (χ0n) is 20.5. The molecule has 0 unspecified atom stereocenters. The summed E-state index contributed by atoms with van der Waals surface area (Å²) in [5.41, 5.74) is 6.14. The molecule has 4 aliphatic rings. The molecule has 0 spiro atoms. The summed E-state index contributed by atoms with van der Waals surface area (Å²) in [5, 5.41) is 12.7. The van der Waals surface area contributed by atoms with Gasteiger partial charge in [0, 0.05) is 12.6 Å². The number of aryl methyl sites for hydroxylation is 1. The summed E-state index contributed by atoms with van der Waals surface area (Å²) < 4.78 is 0. The molecule has 6 rings (SSSR count). The number of hydrogen-bond acceptors (Lipinski definition) is 3. The van der Waals surface area contributed by atoms with E-state index in [2.05, 4.69) is 75.1 Å². The van der Waals surface area contributed by atoms with E-state index in [1.165, 1.54) is 27.8 Å². The topological polar surface area (TPSA) is 46.6 Å². The average Bonchev–Trinajstić information content (AvgIpc) is 2.81. The maximum Gasteiger partial charge on any atom is 0.137 e. The fraction of sp³-hybridized carbons (Fsp3) is 0.552. The Bertz CT molecular complexity index is 1040. The summed E-state index contributed by atoms with van der Waals surface area (Å²) in [7, 11) is 0. The molecule has 3 aliphatic heterocycles. The summed E-state index contributed by atoms with van der Waals surface area (Å²) in [6.45, 7) is 12.0. The minimum atomic E-state index is -1.01. The fourth-order valence-corrected chi connectivity index (χ4v) is 6.57. The number of carboxylic acid groups (broad SMARTS) is 1. The van der Waals surface area contributed by atoms with Crippen molar-refractivity contribution < 1.29 is 9.90 Å². The molecule has 2 aromatic carbocycles. The maximum atomic E-state index is 12.7. The van der Waals surface area contributed by atoms with E-state index >= 15 is 0 Å². The molecule has 33 heavy (non-hydrogen) atoms. The first-order chi connectivity index (χ1) is 15.7. The maximum absolute atomic E-state index is 12.7. The Balaban J connectivity index is 1.54. The quantitative estimate of drug-likeness (QED) is 0.647. The Morgan fingerprint density at radius 2 is 1.82 bits per heavy atom. The standard InChI is InChI=1S/C29H38N2O2/c1-19(2)21-6-5-7-22(16-21)23-8-9-25-24(17-23)10-13-29(3,4)27(25)31(28(32)33)26-18-30-14-11-20(26)12-15-30/h5-9,16-17,19-20,26-27H,10-15,18H2,1-4H3,(H,32,33)/p-1/t26-,27+/m1/s1. The molecule has 176 valence electrons. The van der Waals surface area contributed by atoms with Crippen molar-refractivity contribution in [2.75, 3.05) is 19.6 Å². The van der Waals surface area contributed by atoms with Crippen molar-refractivity contribution >= 4 is 6.09 Å². The highest BCUT2D eigenvalue weighted by Crippen LogP contribution is 2.50. The Labute approximate surface area is 198 Å². The molecule has 0 saturated carbocycles. The molecule has 3 saturated heterocycles. The van der Waals surface area contributed by atoms with Crippen molar-refractivity contribution in [2.45, 2.75) is 71.4 Å². The van der Waals surface area contributed by atoms with E-state index in [-0.39, 0.29) is 17.5 Å². The highest BCUT2D eigenvalue weighted by Gasteiger charge is 2.46. The molecular formula is C29H37N2O2-. The lowest BCUT2D eigenvalue weighted by Gasteiger charge is -2.56. The summed E-state index contributed by atoms with van der Waals surface area (Å²) >= 11 is 0. The molecule has 1 aliphatic carbocycles. The van der Waals surface area contributed by atoms with Crippen LogP contribution in [-0.4, -0.2) is 41.6 Å². The van der Waals surface area contributed by atoms with Crippen LogP contribution in [0.4, 0.5) is 4.79 Å².